The van der Waals surface area contributed by atoms with Crippen LogP contribution in [0.25, 0.3) is 0 Å². The van der Waals surface area contributed by atoms with E-state index in [-0.39, 0.29) is 5.91 Å². The molecule has 0 aromatic heterocycles. The van der Waals surface area contributed by atoms with Crippen molar-refractivity contribution in [2.24, 2.45) is 0 Å². The van der Waals surface area contributed by atoms with Gasteiger partial charge in [0.05, 0.1) is 0 Å². The van der Waals surface area contributed by atoms with Gasteiger partial charge in [-0.1, -0.05) is 30.3 Å². The van der Waals surface area contributed by atoms with Gasteiger partial charge in [-0.25, -0.2) is 0 Å². The highest BCUT2D eigenvalue weighted by Gasteiger charge is 2.49. The third kappa shape index (κ3) is 2.25. The first-order valence-corrected chi connectivity index (χ1v) is 7.01. The van der Waals surface area contributed by atoms with E-state index in [4.69, 9.17) is 0 Å². The summed E-state index contributed by atoms with van der Waals surface area (Å²) < 4.78 is 0. The molecular weight excluding hydrogens is 248 g/mol. The molecule has 18 heavy (non-hydrogen) atoms. The molecule has 2 unspecified atom stereocenters. The van der Waals surface area contributed by atoms with E-state index in [2.05, 4.69) is 5.32 Å². The maximum atomic E-state index is 12.4. The molecular formula is C13H18N2O2S. The number of likely N-dealkylation sites (N-methyl/N-ethyl adjacent to an activating group) is 1. The van der Waals surface area contributed by atoms with Crippen molar-refractivity contribution < 1.29 is 9.90 Å². The van der Waals surface area contributed by atoms with E-state index in [1.165, 1.54) is 4.90 Å². The van der Waals surface area contributed by atoms with Gasteiger partial charge in [0.15, 0.2) is 0 Å². The van der Waals surface area contributed by atoms with Gasteiger partial charge in [-0.15, -0.1) is 11.8 Å². The summed E-state index contributed by atoms with van der Waals surface area (Å²) in [7, 11) is 3.43. The van der Waals surface area contributed by atoms with Gasteiger partial charge in [0.2, 0.25) is 5.91 Å². The SMILES string of the molecule is CN(C)C(=O)C1(C(O)c2ccccc2)CSCN1. The first-order chi connectivity index (χ1) is 8.58. The summed E-state index contributed by atoms with van der Waals surface area (Å²) in [6, 6.07) is 9.33. The molecule has 1 aliphatic rings. The number of benzene rings is 1. The van der Waals surface area contributed by atoms with Gasteiger partial charge in [-0.3, -0.25) is 10.1 Å². The molecule has 0 radical (unpaired) electrons. The molecule has 98 valence electrons. The van der Waals surface area contributed by atoms with Crippen LogP contribution in [-0.2, 0) is 4.79 Å². The Morgan fingerprint density at radius 3 is 2.61 bits per heavy atom. The van der Waals surface area contributed by atoms with Gasteiger partial charge in [-0.2, -0.15) is 0 Å². The number of aliphatic hydroxyl groups excluding tert-OH is 1. The van der Waals surface area contributed by atoms with Gasteiger partial charge in [0.1, 0.15) is 11.6 Å². The standard InChI is InChI=1S/C13H18N2O2S/c1-15(2)12(17)13(8-18-9-14-13)11(16)10-6-4-3-5-7-10/h3-7,11,14,16H,8-9H2,1-2H3. The smallest absolute Gasteiger partial charge is 0.246 e. The second-order valence-electron chi connectivity index (χ2n) is 4.65. The van der Waals surface area contributed by atoms with Gasteiger partial charge in [0.25, 0.3) is 0 Å². The van der Waals surface area contributed by atoms with Crippen molar-refractivity contribution in [2.75, 3.05) is 25.7 Å². The van der Waals surface area contributed by atoms with E-state index in [9.17, 15) is 9.90 Å². The molecule has 1 heterocycles. The van der Waals surface area contributed by atoms with E-state index < -0.39 is 11.6 Å². The molecule has 2 N–H and O–H groups in total. The lowest BCUT2D eigenvalue weighted by Crippen LogP contribution is -2.58. The van der Waals surface area contributed by atoms with Crippen molar-refractivity contribution >= 4 is 17.7 Å². The average molecular weight is 266 g/mol. The molecule has 0 bridgehead atoms. The first kappa shape index (κ1) is 13.4. The van der Waals surface area contributed by atoms with Crippen LogP contribution in [0.1, 0.15) is 11.7 Å². The third-order valence-electron chi connectivity index (χ3n) is 3.19. The Morgan fingerprint density at radius 2 is 2.11 bits per heavy atom. The van der Waals surface area contributed by atoms with E-state index in [1.54, 1.807) is 25.9 Å². The lowest BCUT2D eigenvalue weighted by Gasteiger charge is -2.34. The summed E-state index contributed by atoms with van der Waals surface area (Å²) in [5.74, 6) is 1.19. The second kappa shape index (κ2) is 5.30. The van der Waals surface area contributed by atoms with Crippen molar-refractivity contribution in [2.45, 2.75) is 11.6 Å². The fraction of sp³-hybridized carbons (Fsp3) is 0.462. The quantitative estimate of drug-likeness (QED) is 0.851. The van der Waals surface area contributed by atoms with E-state index in [0.717, 1.165) is 5.56 Å². The molecule has 0 aliphatic carbocycles. The van der Waals surface area contributed by atoms with Gasteiger partial charge >= 0.3 is 0 Å². The summed E-state index contributed by atoms with van der Waals surface area (Å²) >= 11 is 1.63. The number of nitrogens with zero attached hydrogens (tertiary/aromatic N) is 1. The zero-order valence-electron chi connectivity index (χ0n) is 10.6. The highest BCUT2D eigenvalue weighted by molar-refractivity contribution is 7.99. The van der Waals surface area contributed by atoms with Crippen LogP contribution < -0.4 is 5.32 Å². The maximum Gasteiger partial charge on any atom is 0.246 e. The molecule has 1 amide bonds. The van der Waals surface area contributed by atoms with Crippen molar-refractivity contribution in [3.05, 3.63) is 35.9 Å². The molecule has 1 saturated heterocycles. The molecule has 4 nitrogen and oxygen atoms in total. The van der Waals surface area contributed by atoms with E-state index in [0.29, 0.717) is 11.6 Å². The number of carbonyl (C=O) groups is 1. The Labute approximate surface area is 111 Å². The predicted octanol–water partition coefficient (Wildman–Crippen LogP) is 0.841. The van der Waals surface area contributed by atoms with Crippen LogP contribution in [0.15, 0.2) is 30.3 Å². The van der Waals surface area contributed by atoms with Crippen LogP contribution in [-0.4, -0.2) is 47.2 Å². The van der Waals surface area contributed by atoms with Gasteiger partial charge in [0, 0.05) is 25.7 Å². The lowest BCUT2D eigenvalue weighted by atomic mass is 9.88. The molecule has 0 spiro atoms. The fourth-order valence-electron chi connectivity index (χ4n) is 2.19. The zero-order valence-corrected chi connectivity index (χ0v) is 11.4. The van der Waals surface area contributed by atoms with Crippen molar-refractivity contribution in [3.63, 3.8) is 0 Å². The number of aliphatic hydroxyl groups is 1. The van der Waals surface area contributed by atoms with Crippen LogP contribution in [0.5, 0.6) is 0 Å². The van der Waals surface area contributed by atoms with E-state index in [1.807, 2.05) is 30.3 Å². The van der Waals surface area contributed by atoms with Gasteiger partial charge in [-0.05, 0) is 5.56 Å². The molecule has 1 aliphatic heterocycles. The minimum Gasteiger partial charge on any atom is -0.386 e. The van der Waals surface area contributed by atoms with Crippen molar-refractivity contribution in [1.82, 2.24) is 10.2 Å². The number of rotatable bonds is 3. The highest BCUT2D eigenvalue weighted by Crippen LogP contribution is 2.34. The summed E-state index contributed by atoms with van der Waals surface area (Å²) in [4.78, 5) is 13.9. The third-order valence-corrected chi connectivity index (χ3v) is 4.20. The topological polar surface area (TPSA) is 52.6 Å². The highest BCUT2D eigenvalue weighted by atomic mass is 32.2. The Bertz CT molecular complexity index is 416. The molecule has 1 fully saturated rings. The monoisotopic (exact) mass is 266 g/mol. The minimum atomic E-state index is -0.907. The van der Waals surface area contributed by atoms with Crippen molar-refractivity contribution in [1.29, 1.82) is 0 Å². The van der Waals surface area contributed by atoms with Crippen LogP contribution in [0.4, 0.5) is 0 Å². The van der Waals surface area contributed by atoms with Gasteiger partial charge < -0.3 is 10.0 Å². The van der Waals surface area contributed by atoms with Crippen LogP contribution >= 0.6 is 11.8 Å². The molecule has 2 atom stereocenters. The number of hydrogen-bond acceptors (Lipinski definition) is 4. The Kier molecular flexibility index (Phi) is 3.94. The molecule has 0 saturated carbocycles. The summed E-state index contributed by atoms with van der Waals surface area (Å²) in [5.41, 5.74) is -0.141. The Balaban J connectivity index is 2.34. The number of hydrogen-bond donors (Lipinski definition) is 2. The largest absolute Gasteiger partial charge is 0.386 e. The Morgan fingerprint density at radius 1 is 1.44 bits per heavy atom. The van der Waals surface area contributed by atoms with Crippen LogP contribution in [0.3, 0.4) is 0 Å². The first-order valence-electron chi connectivity index (χ1n) is 5.85. The molecule has 1 aromatic rings. The second-order valence-corrected chi connectivity index (χ2v) is 5.64. The minimum absolute atomic E-state index is 0.0798. The number of nitrogens with one attached hydrogen (secondary N) is 1. The fourth-order valence-corrected chi connectivity index (χ4v) is 3.36. The number of amides is 1. The zero-order chi connectivity index (χ0) is 13.2. The van der Waals surface area contributed by atoms with Crippen LogP contribution in [0, 0.1) is 0 Å². The number of thioether (sulfide) groups is 1. The van der Waals surface area contributed by atoms with Crippen molar-refractivity contribution in [3.8, 4) is 0 Å². The summed E-state index contributed by atoms with van der Waals surface area (Å²) in [6.07, 6.45) is -0.830. The normalized spacial score (nSPS) is 24.8. The summed E-state index contributed by atoms with van der Waals surface area (Å²) in [5, 5.41) is 13.7. The predicted molar refractivity (Wildman–Crippen MR) is 73.3 cm³/mol. The van der Waals surface area contributed by atoms with Crippen LogP contribution in [0.2, 0.25) is 0 Å². The Hall–Kier alpha value is -1.04. The number of carbonyl (C=O) groups excluding carboxylic acids is 1. The molecule has 5 heteroatoms. The molecule has 2 rings (SSSR count). The average Bonchev–Trinajstić information content (AvgIpc) is 2.88. The van der Waals surface area contributed by atoms with E-state index >= 15 is 0 Å². The molecule has 1 aromatic carbocycles. The lowest BCUT2D eigenvalue weighted by molar-refractivity contribution is -0.139. The maximum absolute atomic E-state index is 12.4. The summed E-state index contributed by atoms with van der Waals surface area (Å²) in [6.45, 7) is 0.